The zero-order chi connectivity index (χ0) is 19.1. The number of pyridine rings is 1. The normalized spacial score (nSPS) is 10.7. The molecule has 0 fully saturated rings. The Bertz CT molecular complexity index is 794. The van der Waals surface area contributed by atoms with Crippen LogP contribution < -0.4 is 20.3 Å². The third kappa shape index (κ3) is 5.37. The molecule has 0 aliphatic rings. The van der Waals surface area contributed by atoms with Gasteiger partial charge in [-0.25, -0.2) is 0 Å². The fourth-order valence-electron chi connectivity index (χ4n) is 2.56. The molecule has 0 aliphatic heterocycles. The van der Waals surface area contributed by atoms with Crippen LogP contribution in [0.25, 0.3) is 0 Å². The zero-order valence-corrected chi connectivity index (χ0v) is 15.7. The molecule has 1 amide bonds. The molecule has 0 aliphatic carbocycles. The minimum Gasteiger partial charge on any atom is -0.496 e. The van der Waals surface area contributed by atoms with E-state index in [0.717, 1.165) is 5.69 Å². The van der Waals surface area contributed by atoms with Crippen molar-refractivity contribution in [1.82, 2.24) is 9.88 Å². The highest BCUT2D eigenvalue weighted by atomic mass is 16.5. The number of amides is 1. The van der Waals surface area contributed by atoms with E-state index in [1.165, 1.54) is 18.7 Å². The summed E-state index contributed by atoms with van der Waals surface area (Å²) >= 11 is 0. The molecule has 26 heavy (non-hydrogen) atoms. The van der Waals surface area contributed by atoms with E-state index in [1.54, 1.807) is 10.6 Å². The number of aromatic nitrogens is 1. The van der Waals surface area contributed by atoms with Crippen LogP contribution in [0.1, 0.15) is 31.0 Å². The van der Waals surface area contributed by atoms with Crippen molar-refractivity contribution in [1.29, 1.82) is 0 Å². The first-order chi connectivity index (χ1) is 12.4. The molecule has 1 heterocycles. The molecule has 0 radical (unpaired) electrons. The molecule has 1 aromatic heterocycles. The number of carbonyl (C=O) groups is 1. The highest BCUT2D eigenvalue weighted by Crippen LogP contribution is 2.18. The lowest BCUT2D eigenvalue weighted by Crippen LogP contribution is -2.34. The van der Waals surface area contributed by atoms with Crippen molar-refractivity contribution in [3.63, 3.8) is 0 Å². The number of carbonyl (C=O) groups excluding carboxylic acids is 1. The number of ether oxygens (including phenoxy) is 2. The van der Waals surface area contributed by atoms with Gasteiger partial charge in [-0.05, 0) is 36.6 Å². The maximum Gasteiger partial charge on any atom is 0.258 e. The van der Waals surface area contributed by atoms with Crippen molar-refractivity contribution in [2.75, 3.05) is 20.3 Å². The van der Waals surface area contributed by atoms with Gasteiger partial charge >= 0.3 is 0 Å². The molecule has 0 saturated carbocycles. The molecular weight excluding hydrogens is 332 g/mol. The molecule has 1 aromatic carbocycles. The smallest absolute Gasteiger partial charge is 0.258 e. The number of hydrogen-bond donors (Lipinski definition) is 1. The molecule has 140 valence electrons. The second kappa shape index (κ2) is 9.08. The Kier molecular flexibility index (Phi) is 6.83. The van der Waals surface area contributed by atoms with E-state index in [0.29, 0.717) is 30.5 Å². The van der Waals surface area contributed by atoms with Crippen molar-refractivity contribution >= 4 is 5.91 Å². The highest BCUT2D eigenvalue weighted by Gasteiger charge is 2.06. The Hall–Kier alpha value is -2.76. The predicted octanol–water partition coefficient (Wildman–Crippen LogP) is 2.48. The summed E-state index contributed by atoms with van der Waals surface area (Å²) in [6, 6.07) is 10.9. The van der Waals surface area contributed by atoms with Crippen LogP contribution in [0, 0.1) is 6.92 Å². The molecule has 0 unspecified atom stereocenters. The van der Waals surface area contributed by atoms with Gasteiger partial charge in [0, 0.05) is 24.8 Å². The van der Waals surface area contributed by atoms with Crippen molar-refractivity contribution in [3.05, 3.63) is 58.0 Å². The number of nitrogens with zero attached hydrogens (tertiary/aromatic N) is 1. The van der Waals surface area contributed by atoms with E-state index in [-0.39, 0.29) is 18.1 Å². The van der Waals surface area contributed by atoms with Crippen LogP contribution in [0.3, 0.4) is 0 Å². The molecule has 0 saturated heterocycles. The first-order valence-electron chi connectivity index (χ1n) is 8.65. The average Bonchev–Trinajstić information content (AvgIpc) is 2.62. The van der Waals surface area contributed by atoms with E-state index in [2.05, 4.69) is 19.2 Å². The topological polar surface area (TPSA) is 69.6 Å². The average molecular weight is 358 g/mol. The van der Waals surface area contributed by atoms with Crippen LogP contribution in [-0.4, -0.2) is 30.7 Å². The van der Waals surface area contributed by atoms with Gasteiger partial charge in [-0.2, -0.15) is 0 Å². The standard InChI is InChI=1S/C20H26N2O4/c1-14(2)16-5-7-17(8-6-16)26-13-19(23)21-9-10-22-15(3)11-18(25-4)12-20(22)24/h5-8,11-12,14H,9-10,13H2,1-4H3,(H,21,23). The van der Waals surface area contributed by atoms with Crippen molar-refractivity contribution in [3.8, 4) is 11.5 Å². The quantitative estimate of drug-likeness (QED) is 0.787. The Morgan fingerprint density at radius 3 is 2.42 bits per heavy atom. The van der Waals surface area contributed by atoms with Crippen LogP contribution in [0.4, 0.5) is 0 Å². The van der Waals surface area contributed by atoms with Gasteiger partial charge in [0.05, 0.1) is 7.11 Å². The summed E-state index contributed by atoms with van der Waals surface area (Å²) in [4.78, 5) is 23.9. The number of hydrogen-bond acceptors (Lipinski definition) is 4. The predicted molar refractivity (Wildman–Crippen MR) is 101 cm³/mol. The van der Waals surface area contributed by atoms with Crippen molar-refractivity contribution in [2.24, 2.45) is 0 Å². The first-order valence-corrected chi connectivity index (χ1v) is 8.65. The maximum absolute atomic E-state index is 12.0. The summed E-state index contributed by atoms with van der Waals surface area (Å²) in [6.07, 6.45) is 0. The molecule has 6 heteroatoms. The molecular formula is C20H26N2O4. The third-order valence-corrected chi connectivity index (χ3v) is 4.12. The number of aryl methyl sites for hydroxylation is 1. The molecule has 1 N–H and O–H groups in total. The van der Waals surface area contributed by atoms with Gasteiger partial charge in [-0.15, -0.1) is 0 Å². The molecule has 2 rings (SSSR count). The number of nitrogens with one attached hydrogen (secondary N) is 1. The van der Waals surface area contributed by atoms with Gasteiger partial charge in [0.2, 0.25) is 0 Å². The van der Waals surface area contributed by atoms with Gasteiger partial charge in [0.1, 0.15) is 11.5 Å². The fraction of sp³-hybridized carbons (Fsp3) is 0.400. The van der Waals surface area contributed by atoms with E-state index >= 15 is 0 Å². The number of rotatable bonds is 8. The first kappa shape index (κ1) is 19.6. The number of methoxy groups -OCH3 is 1. The molecule has 0 spiro atoms. The zero-order valence-electron chi connectivity index (χ0n) is 15.7. The second-order valence-corrected chi connectivity index (χ2v) is 6.39. The monoisotopic (exact) mass is 358 g/mol. The van der Waals surface area contributed by atoms with Crippen LogP contribution in [0.2, 0.25) is 0 Å². The van der Waals surface area contributed by atoms with Gasteiger partial charge < -0.3 is 19.4 Å². The van der Waals surface area contributed by atoms with Crippen LogP contribution in [0.15, 0.2) is 41.2 Å². The van der Waals surface area contributed by atoms with Crippen molar-refractivity contribution in [2.45, 2.75) is 33.2 Å². The van der Waals surface area contributed by atoms with E-state index in [9.17, 15) is 9.59 Å². The van der Waals surface area contributed by atoms with Gasteiger partial charge in [0.15, 0.2) is 6.61 Å². The fourth-order valence-corrected chi connectivity index (χ4v) is 2.56. The van der Waals surface area contributed by atoms with Gasteiger partial charge in [-0.1, -0.05) is 26.0 Å². The Morgan fingerprint density at radius 2 is 1.85 bits per heavy atom. The van der Waals surface area contributed by atoms with Crippen molar-refractivity contribution < 1.29 is 14.3 Å². The van der Waals surface area contributed by atoms with Gasteiger partial charge in [0.25, 0.3) is 11.5 Å². The molecule has 0 bridgehead atoms. The molecule has 2 aromatic rings. The summed E-state index contributed by atoms with van der Waals surface area (Å²) in [6.45, 7) is 6.76. The highest BCUT2D eigenvalue weighted by molar-refractivity contribution is 5.77. The summed E-state index contributed by atoms with van der Waals surface area (Å²) in [5, 5.41) is 2.76. The Labute approximate surface area is 153 Å². The SMILES string of the molecule is COc1cc(C)n(CCNC(=O)COc2ccc(C(C)C)cc2)c(=O)c1. The lowest BCUT2D eigenvalue weighted by atomic mass is 10.0. The van der Waals surface area contributed by atoms with Crippen LogP contribution >= 0.6 is 0 Å². The summed E-state index contributed by atoms with van der Waals surface area (Å²) < 4.78 is 12.1. The van der Waals surface area contributed by atoms with Crippen LogP contribution in [-0.2, 0) is 11.3 Å². The largest absolute Gasteiger partial charge is 0.496 e. The third-order valence-electron chi connectivity index (χ3n) is 4.12. The summed E-state index contributed by atoms with van der Waals surface area (Å²) in [7, 11) is 1.52. The second-order valence-electron chi connectivity index (χ2n) is 6.39. The van der Waals surface area contributed by atoms with E-state index < -0.39 is 0 Å². The Balaban J connectivity index is 1.80. The minimum absolute atomic E-state index is 0.0580. The van der Waals surface area contributed by atoms with Crippen LogP contribution in [0.5, 0.6) is 11.5 Å². The lowest BCUT2D eigenvalue weighted by Gasteiger charge is -2.12. The summed E-state index contributed by atoms with van der Waals surface area (Å²) in [5.41, 5.74) is 1.85. The maximum atomic E-state index is 12.0. The Morgan fingerprint density at radius 1 is 1.15 bits per heavy atom. The van der Waals surface area contributed by atoms with E-state index in [4.69, 9.17) is 9.47 Å². The van der Waals surface area contributed by atoms with E-state index in [1.807, 2.05) is 31.2 Å². The summed E-state index contributed by atoms with van der Waals surface area (Å²) in [5.74, 6) is 1.42. The minimum atomic E-state index is -0.225. The van der Waals surface area contributed by atoms with Gasteiger partial charge in [-0.3, -0.25) is 9.59 Å². The lowest BCUT2D eigenvalue weighted by molar-refractivity contribution is -0.123. The molecule has 0 atom stereocenters. The number of benzene rings is 1. The molecule has 6 nitrogen and oxygen atoms in total.